The number of amides is 1. The summed E-state index contributed by atoms with van der Waals surface area (Å²) in [6.45, 7) is 1.66. The first-order chi connectivity index (χ1) is 14.0. The average Bonchev–Trinajstić information content (AvgIpc) is 2.73. The SMILES string of the molecule is NC(=O)c1c(C(=O)Cc2ccccc2)nc(N)nc1-c1ccc2c(c1)CNCC2. The summed E-state index contributed by atoms with van der Waals surface area (Å²) in [6.07, 6.45) is 1.02. The third-order valence-corrected chi connectivity index (χ3v) is 5.01. The molecule has 4 rings (SSSR count). The predicted octanol–water partition coefficient (Wildman–Crippen LogP) is 1.90. The lowest BCUT2D eigenvalue weighted by Gasteiger charge is -2.18. The van der Waals surface area contributed by atoms with E-state index in [0.29, 0.717) is 5.56 Å². The number of hydrogen-bond acceptors (Lipinski definition) is 6. The molecule has 29 heavy (non-hydrogen) atoms. The standard InChI is InChI=1S/C22H21N5O2/c23-21(29)18-19(15-7-6-14-8-9-25-12-16(14)11-15)26-22(24)27-20(18)17(28)10-13-4-2-1-3-5-13/h1-7,11,25H,8-10,12H2,(H2,23,29)(H2,24,26,27). The van der Waals surface area contributed by atoms with Gasteiger partial charge in [-0.3, -0.25) is 9.59 Å². The van der Waals surface area contributed by atoms with Crippen molar-refractivity contribution in [2.24, 2.45) is 5.73 Å². The number of Topliss-reactive ketones (excluding diaryl/α,β-unsaturated/α-hetero) is 1. The Kier molecular flexibility index (Phi) is 5.05. The topological polar surface area (TPSA) is 124 Å². The fraction of sp³-hybridized carbons (Fsp3) is 0.182. The lowest BCUT2D eigenvalue weighted by Crippen LogP contribution is -2.24. The predicted molar refractivity (Wildman–Crippen MR) is 110 cm³/mol. The minimum atomic E-state index is -0.757. The number of anilines is 1. The molecule has 0 saturated carbocycles. The van der Waals surface area contributed by atoms with Gasteiger partial charge in [-0.05, 0) is 35.7 Å². The number of carbonyl (C=O) groups excluding carboxylic acids is 2. The Morgan fingerprint density at radius 2 is 1.83 bits per heavy atom. The minimum Gasteiger partial charge on any atom is -0.368 e. The third-order valence-electron chi connectivity index (χ3n) is 5.01. The molecule has 0 aliphatic carbocycles. The molecule has 1 aliphatic heterocycles. The number of aromatic nitrogens is 2. The quantitative estimate of drug-likeness (QED) is 0.575. The maximum absolute atomic E-state index is 12.9. The number of ketones is 1. The number of fused-ring (bicyclic) bond motifs is 1. The Bertz CT molecular complexity index is 1100. The van der Waals surface area contributed by atoms with Crippen LogP contribution in [0.2, 0.25) is 0 Å². The smallest absolute Gasteiger partial charge is 0.253 e. The molecule has 1 aliphatic rings. The van der Waals surface area contributed by atoms with Crippen LogP contribution in [0, 0.1) is 0 Å². The van der Waals surface area contributed by atoms with E-state index >= 15 is 0 Å². The molecule has 146 valence electrons. The molecule has 0 radical (unpaired) electrons. The number of nitrogens with one attached hydrogen (secondary N) is 1. The number of rotatable bonds is 5. The minimum absolute atomic E-state index is 0.00356. The lowest BCUT2D eigenvalue weighted by molar-refractivity contribution is 0.0959. The Morgan fingerprint density at radius 1 is 1.03 bits per heavy atom. The summed E-state index contributed by atoms with van der Waals surface area (Å²) in [5.41, 5.74) is 15.7. The zero-order valence-electron chi connectivity index (χ0n) is 15.8. The van der Waals surface area contributed by atoms with Crippen molar-refractivity contribution in [3.63, 3.8) is 0 Å². The van der Waals surface area contributed by atoms with E-state index in [9.17, 15) is 9.59 Å². The molecule has 5 N–H and O–H groups in total. The summed E-state index contributed by atoms with van der Waals surface area (Å²) in [7, 11) is 0. The molecule has 7 heteroatoms. The summed E-state index contributed by atoms with van der Waals surface area (Å²) in [6, 6.07) is 15.1. The molecule has 3 aromatic rings. The van der Waals surface area contributed by atoms with E-state index in [2.05, 4.69) is 15.3 Å². The first-order valence-corrected chi connectivity index (χ1v) is 9.40. The van der Waals surface area contributed by atoms with Crippen LogP contribution in [0.15, 0.2) is 48.5 Å². The van der Waals surface area contributed by atoms with Crippen LogP contribution in [0.5, 0.6) is 0 Å². The van der Waals surface area contributed by atoms with E-state index in [1.807, 2.05) is 48.5 Å². The van der Waals surface area contributed by atoms with Gasteiger partial charge in [0.2, 0.25) is 5.95 Å². The normalized spacial score (nSPS) is 13.0. The number of nitrogens with two attached hydrogens (primary N) is 2. The number of nitrogens with zero attached hydrogens (tertiary/aromatic N) is 2. The van der Waals surface area contributed by atoms with Crippen LogP contribution < -0.4 is 16.8 Å². The van der Waals surface area contributed by atoms with Gasteiger partial charge in [-0.25, -0.2) is 9.97 Å². The second-order valence-corrected chi connectivity index (χ2v) is 7.01. The molecule has 2 heterocycles. The molecule has 0 fully saturated rings. The van der Waals surface area contributed by atoms with Crippen molar-refractivity contribution >= 4 is 17.6 Å². The molecular weight excluding hydrogens is 366 g/mol. The first-order valence-electron chi connectivity index (χ1n) is 9.40. The zero-order chi connectivity index (χ0) is 20.4. The van der Waals surface area contributed by atoms with Gasteiger partial charge in [0.25, 0.3) is 5.91 Å². The van der Waals surface area contributed by atoms with E-state index in [4.69, 9.17) is 11.5 Å². The second-order valence-electron chi connectivity index (χ2n) is 7.01. The number of nitrogen functional groups attached to an aromatic ring is 1. The van der Waals surface area contributed by atoms with Crippen LogP contribution in [0.1, 0.15) is 37.5 Å². The summed E-state index contributed by atoms with van der Waals surface area (Å²) in [5.74, 6) is -1.16. The average molecular weight is 387 g/mol. The van der Waals surface area contributed by atoms with Crippen molar-refractivity contribution < 1.29 is 9.59 Å². The monoisotopic (exact) mass is 387 g/mol. The van der Waals surface area contributed by atoms with Crippen LogP contribution in [-0.4, -0.2) is 28.2 Å². The van der Waals surface area contributed by atoms with Gasteiger partial charge < -0.3 is 16.8 Å². The van der Waals surface area contributed by atoms with Crippen LogP contribution >= 0.6 is 0 Å². The summed E-state index contributed by atoms with van der Waals surface area (Å²) in [4.78, 5) is 33.6. The molecular formula is C22H21N5O2. The van der Waals surface area contributed by atoms with Crippen molar-refractivity contribution in [2.45, 2.75) is 19.4 Å². The van der Waals surface area contributed by atoms with Gasteiger partial charge >= 0.3 is 0 Å². The lowest BCUT2D eigenvalue weighted by atomic mass is 9.94. The molecule has 1 amide bonds. The number of benzene rings is 2. The number of hydrogen-bond donors (Lipinski definition) is 3. The van der Waals surface area contributed by atoms with Crippen molar-refractivity contribution in [3.8, 4) is 11.3 Å². The van der Waals surface area contributed by atoms with Gasteiger partial charge in [-0.2, -0.15) is 0 Å². The van der Waals surface area contributed by atoms with Crippen molar-refractivity contribution in [1.29, 1.82) is 0 Å². The van der Waals surface area contributed by atoms with E-state index in [1.54, 1.807) is 0 Å². The van der Waals surface area contributed by atoms with E-state index < -0.39 is 5.91 Å². The highest BCUT2D eigenvalue weighted by Crippen LogP contribution is 2.28. The van der Waals surface area contributed by atoms with Crippen LogP contribution in [0.25, 0.3) is 11.3 Å². The molecule has 0 bridgehead atoms. The maximum Gasteiger partial charge on any atom is 0.253 e. The van der Waals surface area contributed by atoms with E-state index in [1.165, 1.54) is 5.56 Å². The summed E-state index contributed by atoms with van der Waals surface area (Å²) < 4.78 is 0. The van der Waals surface area contributed by atoms with Crippen LogP contribution in [0.3, 0.4) is 0 Å². The van der Waals surface area contributed by atoms with Crippen molar-refractivity contribution in [1.82, 2.24) is 15.3 Å². The molecule has 0 atom stereocenters. The number of primary amides is 1. The number of carbonyl (C=O) groups is 2. The highest BCUT2D eigenvalue weighted by molar-refractivity contribution is 6.10. The fourth-order valence-electron chi connectivity index (χ4n) is 3.61. The Balaban J connectivity index is 1.81. The zero-order valence-corrected chi connectivity index (χ0v) is 15.8. The van der Waals surface area contributed by atoms with E-state index in [-0.39, 0.29) is 35.1 Å². The van der Waals surface area contributed by atoms with Crippen LogP contribution in [-0.2, 0) is 19.4 Å². The van der Waals surface area contributed by atoms with Gasteiger partial charge in [-0.1, -0.05) is 42.5 Å². The van der Waals surface area contributed by atoms with Crippen molar-refractivity contribution in [2.75, 3.05) is 12.3 Å². The molecule has 0 spiro atoms. The van der Waals surface area contributed by atoms with E-state index in [0.717, 1.165) is 30.6 Å². The maximum atomic E-state index is 12.9. The van der Waals surface area contributed by atoms with Crippen molar-refractivity contribution in [3.05, 3.63) is 76.5 Å². The molecule has 7 nitrogen and oxygen atoms in total. The molecule has 1 aromatic heterocycles. The summed E-state index contributed by atoms with van der Waals surface area (Å²) in [5, 5.41) is 3.32. The van der Waals surface area contributed by atoms with Gasteiger partial charge in [0.15, 0.2) is 5.78 Å². The largest absolute Gasteiger partial charge is 0.368 e. The summed E-state index contributed by atoms with van der Waals surface area (Å²) >= 11 is 0. The van der Waals surface area contributed by atoms with Gasteiger partial charge in [0.05, 0.1) is 11.3 Å². The van der Waals surface area contributed by atoms with Gasteiger partial charge in [0.1, 0.15) is 5.69 Å². The second kappa shape index (κ2) is 7.81. The molecule has 0 saturated heterocycles. The first kappa shape index (κ1) is 18.8. The molecule has 0 unspecified atom stereocenters. The Labute approximate surface area is 168 Å². The third kappa shape index (κ3) is 3.86. The van der Waals surface area contributed by atoms with Crippen LogP contribution in [0.4, 0.5) is 5.95 Å². The van der Waals surface area contributed by atoms with Gasteiger partial charge in [-0.15, -0.1) is 0 Å². The van der Waals surface area contributed by atoms with Gasteiger partial charge in [0, 0.05) is 18.5 Å². The molecule has 2 aromatic carbocycles. The Morgan fingerprint density at radius 3 is 2.59 bits per heavy atom. The highest BCUT2D eigenvalue weighted by atomic mass is 16.1. The highest BCUT2D eigenvalue weighted by Gasteiger charge is 2.25. The fourth-order valence-corrected chi connectivity index (χ4v) is 3.61. The Hall–Kier alpha value is -3.58.